The molecule has 21 heavy (non-hydrogen) atoms. The number of carboxylic acids is 1. The molecule has 0 atom stereocenters. The van der Waals surface area contributed by atoms with E-state index in [1.165, 1.54) is 23.1 Å². The van der Waals surface area contributed by atoms with Gasteiger partial charge in [0.25, 0.3) is 11.7 Å². The molecule has 106 valence electrons. The van der Waals surface area contributed by atoms with Crippen molar-refractivity contribution in [1.29, 1.82) is 0 Å². The summed E-state index contributed by atoms with van der Waals surface area (Å²) in [5.41, 5.74) is 0.381. The summed E-state index contributed by atoms with van der Waals surface area (Å²) >= 11 is 1.03. The lowest BCUT2D eigenvalue weighted by Gasteiger charge is -2.15. The van der Waals surface area contributed by atoms with Gasteiger partial charge < -0.3 is 5.11 Å². The van der Waals surface area contributed by atoms with Crippen molar-refractivity contribution in [2.45, 2.75) is 6.54 Å². The number of rotatable bonds is 3. The van der Waals surface area contributed by atoms with Crippen molar-refractivity contribution in [3.8, 4) is 0 Å². The molecule has 1 N–H and O–H groups in total. The zero-order chi connectivity index (χ0) is 15.1. The standard InChI is InChI=1S/C14H8FNO4S/c15-7-1-3-10-9(5-7)12(17)13(18)16(10)6-8-2-4-11(21-8)14(19)20/h1-5H,6H2,(H,19,20). The Balaban J connectivity index is 1.94. The van der Waals surface area contributed by atoms with Gasteiger partial charge in [-0.1, -0.05) is 0 Å². The summed E-state index contributed by atoms with van der Waals surface area (Å²) < 4.78 is 13.2. The van der Waals surface area contributed by atoms with Gasteiger partial charge in [-0.2, -0.15) is 0 Å². The number of halogens is 1. The average molecular weight is 305 g/mol. The number of ketones is 1. The topological polar surface area (TPSA) is 74.7 Å². The smallest absolute Gasteiger partial charge is 0.345 e. The van der Waals surface area contributed by atoms with Crippen molar-refractivity contribution in [3.63, 3.8) is 0 Å². The van der Waals surface area contributed by atoms with Crippen LogP contribution in [0.3, 0.4) is 0 Å². The number of Topliss-reactive ketones (excluding diaryl/α,β-unsaturated/α-hetero) is 1. The highest BCUT2D eigenvalue weighted by Gasteiger charge is 2.36. The van der Waals surface area contributed by atoms with E-state index in [1.807, 2.05) is 0 Å². The maximum atomic E-state index is 13.2. The third kappa shape index (κ3) is 2.21. The van der Waals surface area contributed by atoms with E-state index < -0.39 is 23.5 Å². The second-order valence-corrected chi connectivity index (χ2v) is 5.62. The van der Waals surface area contributed by atoms with Gasteiger partial charge in [0.1, 0.15) is 10.7 Å². The maximum absolute atomic E-state index is 13.2. The Kier molecular flexibility index (Phi) is 3.06. The Labute approximate surface area is 122 Å². The third-order valence-electron chi connectivity index (χ3n) is 3.12. The van der Waals surface area contributed by atoms with E-state index in [2.05, 4.69) is 0 Å². The molecule has 0 radical (unpaired) electrons. The van der Waals surface area contributed by atoms with Gasteiger partial charge in [0, 0.05) is 4.88 Å². The largest absolute Gasteiger partial charge is 0.477 e. The van der Waals surface area contributed by atoms with Crippen LogP contribution in [0.5, 0.6) is 0 Å². The summed E-state index contributed by atoms with van der Waals surface area (Å²) in [5.74, 6) is -3.11. The van der Waals surface area contributed by atoms with E-state index in [0.717, 1.165) is 17.4 Å². The van der Waals surface area contributed by atoms with Crippen LogP contribution in [0.2, 0.25) is 0 Å². The quantitative estimate of drug-likeness (QED) is 0.883. The second-order valence-electron chi connectivity index (χ2n) is 4.45. The van der Waals surface area contributed by atoms with Gasteiger partial charge in [0.15, 0.2) is 0 Å². The van der Waals surface area contributed by atoms with Crippen LogP contribution in [0.1, 0.15) is 24.9 Å². The normalized spacial score (nSPS) is 13.7. The molecule has 1 aliphatic heterocycles. The number of anilines is 1. The molecule has 0 aliphatic carbocycles. The molecule has 0 saturated carbocycles. The minimum Gasteiger partial charge on any atom is -0.477 e. The van der Waals surface area contributed by atoms with Crippen molar-refractivity contribution in [2.24, 2.45) is 0 Å². The van der Waals surface area contributed by atoms with Crippen molar-refractivity contribution < 1.29 is 23.9 Å². The number of carbonyl (C=O) groups excluding carboxylic acids is 2. The summed E-state index contributed by atoms with van der Waals surface area (Å²) in [7, 11) is 0. The average Bonchev–Trinajstić information content (AvgIpc) is 2.99. The minimum atomic E-state index is -1.04. The van der Waals surface area contributed by atoms with Crippen LogP contribution in [-0.4, -0.2) is 22.8 Å². The number of aromatic carboxylic acids is 1. The van der Waals surface area contributed by atoms with Gasteiger partial charge in [-0.05, 0) is 30.3 Å². The zero-order valence-corrected chi connectivity index (χ0v) is 11.3. The summed E-state index contributed by atoms with van der Waals surface area (Å²) in [6.45, 7) is 0.0845. The first kappa shape index (κ1) is 13.4. The van der Waals surface area contributed by atoms with Crippen LogP contribution in [0, 0.1) is 5.82 Å². The molecule has 0 saturated heterocycles. The second kappa shape index (κ2) is 4.78. The van der Waals surface area contributed by atoms with Gasteiger partial charge in [0.05, 0.1) is 17.8 Å². The first-order valence-electron chi connectivity index (χ1n) is 5.95. The SMILES string of the molecule is O=C(O)c1ccc(CN2C(=O)C(=O)c3cc(F)ccc32)s1. The van der Waals surface area contributed by atoms with Crippen molar-refractivity contribution >= 4 is 34.7 Å². The van der Waals surface area contributed by atoms with E-state index in [9.17, 15) is 18.8 Å². The van der Waals surface area contributed by atoms with Crippen LogP contribution < -0.4 is 4.90 Å². The fourth-order valence-corrected chi connectivity index (χ4v) is 3.00. The molecule has 1 aromatic carbocycles. The van der Waals surface area contributed by atoms with E-state index in [0.29, 0.717) is 10.6 Å². The van der Waals surface area contributed by atoms with Crippen LogP contribution >= 0.6 is 11.3 Å². The highest BCUT2D eigenvalue weighted by Crippen LogP contribution is 2.32. The molecule has 0 fully saturated rings. The molecule has 1 aliphatic rings. The Morgan fingerprint density at radius 2 is 2.00 bits per heavy atom. The Morgan fingerprint density at radius 3 is 2.67 bits per heavy atom. The Bertz CT molecular complexity index is 783. The molecular formula is C14H8FNO4S. The van der Waals surface area contributed by atoms with Gasteiger partial charge in [0.2, 0.25) is 0 Å². The summed E-state index contributed by atoms with van der Waals surface area (Å²) in [6.07, 6.45) is 0. The first-order chi connectivity index (χ1) is 9.97. The number of benzene rings is 1. The molecule has 5 nitrogen and oxygen atoms in total. The van der Waals surface area contributed by atoms with Crippen molar-refractivity contribution in [2.75, 3.05) is 4.90 Å². The molecule has 2 heterocycles. The lowest BCUT2D eigenvalue weighted by Crippen LogP contribution is -2.28. The molecule has 0 unspecified atom stereocenters. The van der Waals surface area contributed by atoms with E-state index in [-0.39, 0.29) is 17.0 Å². The predicted molar refractivity (Wildman–Crippen MR) is 73.2 cm³/mol. The zero-order valence-electron chi connectivity index (χ0n) is 10.5. The molecule has 0 spiro atoms. The van der Waals surface area contributed by atoms with Crippen LogP contribution in [-0.2, 0) is 11.3 Å². The van der Waals surface area contributed by atoms with Crippen molar-refractivity contribution in [3.05, 3.63) is 51.5 Å². The molecule has 2 aromatic rings. The molecule has 3 rings (SSSR count). The number of fused-ring (bicyclic) bond motifs is 1. The number of hydrogen-bond acceptors (Lipinski definition) is 4. The molecule has 1 aromatic heterocycles. The number of hydrogen-bond donors (Lipinski definition) is 1. The monoisotopic (exact) mass is 305 g/mol. The van der Waals surface area contributed by atoms with Crippen LogP contribution in [0.25, 0.3) is 0 Å². The fourth-order valence-electron chi connectivity index (χ4n) is 2.16. The number of carbonyl (C=O) groups is 3. The Hall–Kier alpha value is -2.54. The number of nitrogens with zero attached hydrogens (tertiary/aromatic N) is 1. The number of amides is 1. The van der Waals surface area contributed by atoms with E-state index in [1.54, 1.807) is 6.07 Å². The minimum absolute atomic E-state index is 0.0371. The van der Waals surface area contributed by atoms with Gasteiger partial charge in [-0.25, -0.2) is 9.18 Å². The highest BCUT2D eigenvalue weighted by atomic mass is 32.1. The first-order valence-corrected chi connectivity index (χ1v) is 6.77. The highest BCUT2D eigenvalue weighted by molar-refractivity contribution is 7.13. The Morgan fingerprint density at radius 1 is 1.24 bits per heavy atom. The summed E-state index contributed by atoms with van der Waals surface area (Å²) in [6, 6.07) is 6.62. The van der Waals surface area contributed by atoms with Gasteiger partial charge in [-0.15, -0.1) is 11.3 Å². The van der Waals surface area contributed by atoms with E-state index in [4.69, 9.17) is 5.11 Å². The lowest BCUT2D eigenvalue weighted by atomic mass is 10.1. The van der Waals surface area contributed by atoms with E-state index >= 15 is 0 Å². The lowest BCUT2D eigenvalue weighted by molar-refractivity contribution is -0.114. The predicted octanol–water partition coefficient (Wildman–Crippen LogP) is 2.31. The fraction of sp³-hybridized carbons (Fsp3) is 0.0714. The van der Waals surface area contributed by atoms with Crippen LogP contribution in [0.4, 0.5) is 10.1 Å². The third-order valence-corrected chi connectivity index (χ3v) is 4.18. The molecule has 7 heteroatoms. The molecule has 0 bridgehead atoms. The molecular weight excluding hydrogens is 297 g/mol. The molecule has 1 amide bonds. The van der Waals surface area contributed by atoms with Gasteiger partial charge in [-0.3, -0.25) is 14.5 Å². The number of thiophene rings is 1. The van der Waals surface area contributed by atoms with Crippen molar-refractivity contribution in [1.82, 2.24) is 0 Å². The number of carboxylic acid groups (broad SMARTS) is 1. The van der Waals surface area contributed by atoms with Crippen LogP contribution in [0.15, 0.2) is 30.3 Å². The summed E-state index contributed by atoms with van der Waals surface area (Å²) in [4.78, 5) is 36.6. The van der Waals surface area contributed by atoms with Gasteiger partial charge >= 0.3 is 5.97 Å². The summed E-state index contributed by atoms with van der Waals surface area (Å²) in [5, 5.41) is 8.88. The maximum Gasteiger partial charge on any atom is 0.345 e.